The fourth-order valence-electron chi connectivity index (χ4n) is 4.04. The highest BCUT2D eigenvalue weighted by molar-refractivity contribution is 6.04. The third-order valence-corrected chi connectivity index (χ3v) is 5.99. The summed E-state index contributed by atoms with van der Waals surface area (Å²) in [5, 5.41) is 22.4. The summed E-state index contributed by atoms with van der Waals surface area (Å²) in [6.07, 6.45) is 1.43. The van der Waals surface area contributed by atoms with Crippen molar-refractivity contribution in [3.8, 4) is 34.2 Å². The van der Waals surface area contributed by atoms with Gasteiger partial charge in [-0.05, 0) is 72.8 Å². The number of halogens is 2. The highest BCUT2D eigenvalue weighted by Gasteiger charge is 2.18. The van der Waals surface area contributed by atoms with E-state index in [0.29, 0.717) is 11.3 Å². The Balaban J connectivity index is 1.37. The first-order valence-corrected chi connectivity index (χ1v) is 12.1. The summed E-state index contributed by atoms with van der Waals surface area (Å²) in [5.74, 6) is -2.23. The number of nitrogens with zero attached hydrogens (tertiary/aromatic N) is 3. The molecule has 0 bridgehead atoms. The lowest BCUT2D eigenvalue weighted by Gasteiger charge is -2.14. The summed E-state index contributed by atoms with van der Waals surface area (Å²) in [5.41, 5.74) is 5.69. The number of carbonyl (C=O) groups excluding carboxylic acids is 1. The summed E-state index contributed by atoms with van der Waals surface area (Å²) in [4.78, 5) is 34.0. The van der Waals surface area contributed by atoms with Gasteiger partial charge in [0, 0.05) is 29.2 Å². The standard InChI is InChI=1S/C29H21F2N5O5/c30-16-1-4-18(5-2-16)36-19(15-37)6-8-21(28(36)40)27(39)34-17-3-10-26(23(31)13-17)41-20-7-9-25(38)22(14-20)24-11-12-33-29(32)35-24/h1-14,37-38H,15H2,(H,34,39)(H2,32,33,35). The molecule has 2 heterocycles. The predicted molar refractivity (Wildman–Crippen MR) is 146 cm³/mol. The number of phenolic OH excluding ortho intramolecular Hbond substituents is 1. The molecule has 0 saturated heterocycles. The number of carbonyl (C=O) groups is 1. The fraction of sp³-hybridized carbons (Fsp3) is 0.0345. The van der Waals surface area contributed by atoms with Gasteiger partial charge in [-0.3, -0.25) is 14.2 Å². The number of pyridine rings is 1. The SMILES string of the molecule is Nc1nccc(-c2cc(Oc3ccc(NC(=O)c4ccc(CO)n(-c5ccc(F)cc5)c4=O)cc3F)ccc2O)n1. The number of ether oxygens (including phenoxy) is 1. The number of nitrogens with two attached hydrogens (primary N) is 1. The first kappa shape index (κ1) is 27.0. The van der Waals surface area contributed by atoms with Crippen LogP contribution in [0, 0.1) is 11.6 Å². The molecule has 0 saturated carbocycles. The molecule has 5 N–H and O–H groups in total. The summed E-state index contributed by atoms with van der Waals surface area (Å²) in [6.45, 7) is -0.503. The third kappa shape index (κ3) is 5.72. The van der Waals surface area contributed by atoms with Crippen LogP contribution in [-0.2, 0) is 6.61 Å². The molecule has 2 aromatic heterocycles. The van der Waals surface area contributed by atoms with Gasteiger partial charge in [-0.15, -0.1) is 0 Å². The van der Waals surface area contributed by atoms with Crippen LogP contribution in [0.2, 0.25) is 0 Å². The van der Waals surface area contributed by atoms with Crippen LogP contribution in [0.25, 0.3) is 16.9 Å². The van der Waals surface area contributed by atoms with Crippen LogP contribution >= 0.6 is 0 Å². The Hall–Kier alpha value is -5.62. The number of aromatic nitrogens is 3. The summed E-state index contributed by atoms with van der Waals surface area (Å²) >= 11 is 0. The van der Waals surface area contributed by atoms with Crippen molar-refractivity contribution in [2.24, 2.45) is 0 Å². The van der Waals surface area contributed by atoms with Gasteiger partial charge in [0.1, 0.15) is 22.9 Å². The summed E-state index contributed by atoms with van der Waals surface area (Å²) in [7, 11) is 0. The van der Waals surface area contributed by atoms with Gasteiger partial charge in [0.15, 0.2) is 11.6 Å². The Morgan fingerprint density at radius 3 is 2.49 bits per heavy atom. The van der Waals surface area contributed by atoms with Crippen LogP contribution in [0.15, 0.2) is 89.9 Å². The normalized spacial score (nSPS) is 10.8. The molecule has 0 aliphatic carbocycles. The second-order valence-electron chi connectivity index (χ2n) is 8.69. The Morgan fingerprint density at radius 1 is 1.00 bits per heavy atom. The maximum absolute atomic E-state index is 15.0. The van der Waals surface area contributed by atoms with Crippen molar-refractivity contribution in [3.63, 3.8) is 0 Å². The zero-order valence-corrected chi connectivity index (χ0v) is 21.1. The van der Waals surface area contributed by atoms with Crippen molar-refractivity contribution >= 4 is 17.5 Å². The molecule has 0 fully saturated rings. The van der Waals surface area contributed by atoms with E-state index in [1.54, 1.807) is 6.07 Å². The van der Waals surface area contributed by atoms with E-state index >= 15 is 0 Å². The van der Waals surface area contributed by atoms with Crippen molar-refractivity contribution < 1.29 is 28.5 Å². The minimum Gasteiger partial charge on any atom is -0.507 e. The van der Waals surface area contributed by atoms with Crippen molar-refractivity contribution in [2.45, 2.75) is 6.61 Å². The number of anilines is 2. The Morgan fingerprint density at radius 2 is 1.78 bits per heavy atom. The molecule has 0 atom stereocenters. The minimum absolute atomic E-state index is 0.00983. The quantitative estimate of drug-likeness (QED) is 0.230. The molecule has 10 nitrogen and oxygen atoms in total. The van der Waals surface area contributed by atoms with Crippen LogP contribution < -0.4 is 21.3 Å². The van der Waals surface area contributed by atoms with E-state index in [2.05, 4.69) is 15.3 Å². The lowest BCUT2D eigenvalue weighted by atomic mass is 10.1. The largest absolute Gasteiger partial charge is 0.507 e. The van der Waals surface area contributed by atoms with Crippen molar-refractivity contribution in [1.82, 2.24) is 14.5 Å². The Kier molecular flexibility index (Phi) is 7.39. The van der Waals surface area contributed by atoms with E-state index in [4.69, 9.17) is 10.5 Å². The first-order chi connectivity index (χ1) is 19.7. The van der Waals surface area contributed by atoms with Crippen LogP contribution in [0.3, 0.4) is 0 Å². The van der Waals surface area contributed by atoms with Gasteiger partial charge < -0.3 is 26.0 Å². The van der Waals surface area contributed by atoms with Gasteiger partial charge in [-0.2, -0.15) is 0 Å². The molecular formula is C29H21F2N5O5. The van der Waals surface area contributed by atoms with Gasteiger partial charge in [-0.1, -0.05) is 0 Å². The number of nitrogen functional groups attached to an aromatic ring is 1. The lowest BCUT2D eigenvalue weighted by Crippen LogP contribution is -2.30. The van der Waals surface area contributed by atoms with E-state index in [1.165, 1.54) is 60.8 Å². The number of nitrogens with one attached hydrogen (secondary N) is 1. The molecule has 0 aliphatic heterocycles. The van der Waals surface area contributed by atoms with Gasteiger partial charge in [0.25, 0.3) is 11.5 Å². The molecule has 0 spiro atoms. The minimum atomic E-state index is -0.823. The molecule has 12 heteroatoms. The Bertz CT molecular complexity index is 1830. The molecule has 206 valence electrons. The number of aliphatic hydroxyl groups excluding tert-OH is 1. The highest BCUT2D eigenvalue weighted by Crippen LogP contribution is 2.34. The first-order valence-electron chi connectivity index (χ1n) is 12.1. The molecule has 0 aliphatic rings. The van der Waals surface area contributed by atoms with Crippen molar-refractivity contribution in [3.05, 3.63) is 118 Å². The number of amides is 1. The molecule has 3 aromatic carbocycles. The molecule has 5 rings (SSSR count). The number of benzene rings is 3. The number of aromatic hydroxyl groups is 1. The molecule has 41 heavy (non-hydrogen) atoms. The molecule has 0 unspecified atom stereocenters. The fourth-order valence-corrected chi connectivity index (χ4v) is 4.04. The van der Waals surface area contributed by atoms with E-state index < -0.39 is 29.7 Å². The zero-order chi connectivity index (χ0) is 29.1. The van der Waals surface area contributed by atoms with Gasteiger partial charge >= 0.3 is 0 Å². The molecular weight excluding hydrogens is 536 g/mol. The van der Waals surface area contributed by atoms with Gasteiger partial charge in [-0.25, -0.2) is 18.7 Å². The van der Waals surface area contributed by atoms with Gasteiger partial charge in [0.05, 0.1) is 18.0 Å². The number of aliphatic hydroxyl groups is 1. The topological polar surface area (TPSA) is 153 Å². The van der Waals surface area contributed by atoms with Crippen LogP contribution in [0.4, 0.5) is 20.4 Å². The Labute approximate surface area is 231 Å². The van der Waals surface area contributed by atoms with Crippen LogP contribution in [-0.4, -0.2) is 30.7 Å². The second kappa shape index (κ2) is 11.2. The average molecular weight is 558 g/mol. The number of hydrogen-bond acceptors (Lipinski definition) is 8. The average Bonchev–Trinajstić information content (AvgIpc) is 2.95. The monoisotopic (exact) mass is 557 g/mol. The van der Waals surface area contributed by atoms with Crippen molar-refractivity contribution in [1.29, 1.82) is 0 Å². The maximum atomic E-state index is 15.0. The number of hydrogen-bond donors (Lipinski definition) is 4. The maximum Gasteiger partial charge on any atom is 0.268 e. The lowest BCUT2D eigenvalue weighted by molar-refractivity contribution is 0.102. The molecule has 1 amide bonds. The van der Waals surface area contributed by atoms with Crippen LogP contribution in [0.5, 0.6) is 17.2 Å². The molecule has 5 aromatic rings. The third-order valence-electron chi connectivity index (χ3n) is 5.99. The predicted octanol–water partition coefficient (Wildman–Crippen LogP) is 4.40. The van der Waals surface area contributed by atoms with E-state index in [-0.39, 0.29) is 45.8 Å². The van der Waals surface area contributed by atoms with Gasteiger partial charge in [0.2, 0.25) is 5.95 Å². The van der Waals surface area contributed by atoms with E-state index in [1.807, 2.05) is 0 Å². The summed E-state index contributed by atoms with van der Waals surface area (Å²) < 4.78 is 35.1. The zero-order valence-electron chi connectivity index (χ0n) is 21.1. The number of rotatable bonds is 7. The van der Waals surface area contributed by atoms with Crippen molar-refractivity contribution in [2.75, 3.05) is 11.1 Å². The van der Waals surface area contributed by atoms with E-state index in [0.717, 1.165) is 22.8 Å². The second-order valence-corrected chi connectivity index (χ2v) is 8.69. The van der Waals surface area contributed by atoms with E-state index in [9.17, 15) is 28.6 Å². The number of phenols is 1. The smallest absolute Gasteiger partial charge is 0.268 e. The molecule has 0 radical (unpaired) electrons. The highest BCUT2D eigenvalue weighted by atomic mass is 19.1. The van der Waals surface area contributed by atoms with Crippen LogP contribution in [0.1, 0.15) is 16.1 Å². The summed E-state index contributed by atoms with van der Waals surface area (Å²) in [6, 6.07) is 17.1.